The van der Waals surface area contributed by atoms with Crippen LogP contribution in [-0.2, 0) is 19.1 Å². The third kappa shape index (κ3) is 11.5. The number of aliphatic hydroxyl groups is 1. The number of amides is 3. The number of ether oxygens (including phenoxy) is 1. The smallest absolute Gasteiger partial charge is 0.249 e. The summed E-state index contributed by atoms with van der Waals surface area (Å²) in [6, 6.07) is 9.47. The van der Waals surface area contributed by atoms with Crippen molar-refractivity contribution < 1.29 is 24.2 Å². The maximum absolute atomic E-state index is 12.1. The Morgan fingerprint density at radius 2 is 1.77 bits per heavy atom. The van der Waals surface area contributed by atoms with E-state index in [1.54, 1.807) is 7.11 Å². The highest BCUT2D eigenvalue weighted by Gasteiger charge is 2.25. The number of nitrogens with zero attached hydrogens (tertiary/aromatic N) is 1. The fourth-order valence-electron chi connectivity index (χ4n) is 3.77. The van der Waals surface area contributed by atoms with Crippen LogP contribution >= 0.6 is 0 Å². The molecule has 4 N–H and O–H groups in total. The summed E-state index contributed by atoms with van der Waals surface area (Å²) in [6.45, 7) is 8.91. The van der Waals surface area contributed by atoms with Crippen molar-refractivity contribution in [1.29, 1.82) is 0 Å². The molecule has 1 aromatic carbocycles. The van der Waals surface area contributed by atoms with E-state index in [4.69, 9.17) is 10.5 Å². The van der Waals surface area contributed by atoms with E-state index in [1.807, 2.05) is 50.8 Å². The highest BCUT2D eigenvalue weighted by molar-refractivity contribution is 5.88. The van der Waals surface area contributed by atoms with Gasteiger partial charge in [0.2, 0.25) is 17.7 Å². The van der Waals surface area contributed by atoms with E-state index in [1.165, 1.54) is 0 Å². The van der Waals surface area contributed by atoms with Gasteiger partial charge in [-0.1, -0.05) is 70.2 Å². The first-order chi connectivity index (χ1) is 16.6. The quantitative estimate of drug-likeness (QED) is 0.413. The number of hydrogen-bond donors (Lipinski definition) is 3. The van der Waals surface area contributed by atoms with E-state index < -0.39 is 24.0 Å². The first kappa shape index (κ1) is 30.3. The molecule has 0 aromatic heterocycles. The monoisotopic (exact) mass is 489 g/mol. The van der Waals surface area contributed by atoms with Crippen LogP contribution in [0.3, 0.4) is 0 Å². The number of nitrogens with two attached hydrogens (primary N) is 1. The van der Waals surface area contributed by atoms with Gasteiger partial charge in [0.25, 0.3) is 0 Å². The van der Waals surface area contributed by atoms with Crippen molar-refractivity contribution in [3.05, 3.63) is 48.0 Å². The van der Waals surface area contributed by atoms with Crippen LogP contribution in [0.4, 0.5) is 0 Å². The van der Waals surface area contributed by atoms with Crippen LogP contribution in [0.1, 0.15) is 65.0 Å². The zero-order chi connectivity index (χ0) is 26.4. The third-order valence-electron chi connectivity index (χ3n) is 5.54. The van der Waals surface area contributed by atoms with E-state index in [2.05, 4.69) is 29.6 Å². The summed E-state index contributed by atoms with van der Waals surface area (Å²) >= 11 is 0. The molecule has 0 radical (unpaired) electrons. The molecule has 0 fully saturated rings. The summed E-state index contributed by atoms with van der Waals surface area (Å²) in [5, 5.41) is 12.1. The minimum absolute atomic E-state index is 0.0383. The van der Waals surface area contributed by atoms with Gasteiger partial charge in [0.15, 0.2) is 0 Å². The Labute approximate surface area is 209 Å². The lowest BCUT2D eigenvalue weighted by molar-refractivity contribution is -0.134. The van der Waals surface area contributed by atoms with Crippen molar-refractivity contribution in [3.63, 3.8) is 0 Å². The fourth-order valence-corrected chi connectivity index (χ4v) is 3.77. The zero-order valence-corrected chi connectivity index (χ0v) is 21.8. The van der Waals surface area contributed by atoms with E-state index in [0.717, 1.165) is 12.0 Å². The van der Waals surface area contributed by atoms with Crippen molar-refractivity contribution in [2.75, 3.05) is 20.3 Å². The molecule has 35 heavy (non-hydrogen) atoms. The Bertz CT molecular complexity index is 810. The summed E-state index contributed by atoms with van der Waals surface area (Å²) in [4.78, 5) is 36.8. The highest BCUT2D eigenvalue weighted by atomic mass is 16.5. The summed E-state index contributed by atoms with van der Waals surface area (Å²) < 4.78 is 5.10. The number of hydrogen-bond acceptors (Lipinski definition) is 5. The van der Waals surface area contributed by atoms with Crippen LogP contribution < -0.4 is 11.1 Å². The van der Waals surface area contributed by atoms with Gasteiger partial charge in [0.1, 0.15) is 12.1 Å². The van der Waals surface area contributed by atoms with Gasteiger partial charge in [-0.3, -0.25) is 14.4 Å². The van der Waals surface area contributed by atoms with E-state index in [0.29, 0.717) is 32.4 Å². The lowest BCUT2D eigenvalue weighted by Gasteiger charge is -2.29. The van der Waals surface area contributed by atoms with Crippen molar-refractivity contribution in [1.82, 2.24) is 10.2 Å². The van der Waals surface area contributed by atoms with Gasteiger partial charge in [0, 0.05) is 20.1 Å². The Balaban J connectivity index is 0.000000351. The van der Waals surface area contributed by atoms with Crippen LogP contribution in [0.25, 0.3) is 0 Å². The summed E-state index contributed by atoms with van der Waals surface area (Å²) in [6.07, 6.45) is 5.41. The number of methoxy groups -OCH3 is 1. The van der Waals surface area contributed by atoms with Crippen molar-refractivity contribution >= 4 is 17.7 Å². The molecule has 1 aliphatic heterocycles. The van der Waals surface area contributed by atoms with Crippen LogP contribution in [-0.4, -0.2) is 60.1 Å². The number of rotatable bonds is 11. The lowest BCUT2D eigenvalue weighted by atomic mass is 10.0. The van der Waals surface area contributed by atoms with Crippen LogP contribution in [0.2, 0.25) is 0 Å². The average molecular weight is 490 g/mol. The molecule has 3 amide bonds. The number of aliphatic hydroxyl groups excluding tert-OH is 1. The van der Waals surface area contributed by atoms with Crippen molar-refractivity contribution in [3.8, 4) is 0 Å². The van der Waals surface area contributed by atoms with E-state index in [9.17, 15) is 19.5 Å². The van der Waals surface area contributed by atoms with Crippen LogP contribution in [0, 0.1) is 11.8 Å². The largest absolute Gasteiger partial charge is 0.383 e. The van der Waals surface area contributed by atoms with Gasteiger partial charge in [0.05, 0.1) is 12.6 Å². The number of carbonyl (C=O) groups excluding carboxylic acids is 3. The molecule has 8 heteroatoms. The number of primary amides is 1. The van der Waals surface area contributed by atoms with Gasteiger partial charge in [-0.25, -0.2) is 0 Å². The molecule has 196 valence electrons. The molecule has 1 aliphatic rings. The average Bonchev–Trinajstić information content (AvgIpc) is 2.98. The minimum atomic E-state index is -1.08. The second-order valence-electron chi connectivity index (χ2n) is 9.64. The second-order valence-corrected chi connectivity index (χ2v) is 9.64. The molecule has 0 aliphatic carbocycles. The molecular formula is C27H43N3O5. The predicted octanol–water partition coefficient (Wildman–Crippen LogP) is 2.96. The van der Waals surface area contributed by atoms with Gasteiger partial charge < -0.3 is 25.8 Å². The molecular weight excluding hydrogens is 446 g/mol. The molecule has 1 aromatic rings. The van der Waals surface area contributed by atoms with Crippen molar-refractivity contribution in [2.45, 2.75) is 71.6 Å². The number of allylic oxidation sites excluding steroid dienone is 1. The van der Waals surface area contributed by atoms with E-state index in [-0.39, 0.29) is 23.8 Å². The summed E-state index contributed by atoms with van der Waals surface area (Å²) in [5.41, 5.74) is 6.35. The van der Waals surface area contributed by atoms with Gasteiger partial charge in [-0.05, 0) is 36.7 Å². The maximum atomic E-state index is 12.1. The zero-order valence-electron chi connectivity index (χ0n) is 21.8. The minimum Gasteiger partial charge on any atom is -0.383 e. The topological polar surface area (TPSA) is 122 Å². The maximum Gasteiger partial charge on any atom is 0.249 e. The molecule has 0 spiro atoms. The number of nitrogens with one attached hydrogen (secondary N) is 1. The molecule has 3 atom stereocenters. The highest BCUT2D eigenvalue weighted by Crippen LogP contribution is 2.25. The second kappa shape index (κ2) is 16.1. The Morgan fingerprint density at radius 1 is 1.14 bits per heavy atom. The van der Waals surface area contributed by atoms with Gasteiger partial charge in [-0.15, -0.1) is 0 Å². The molecule has 8 nitrogen and oxygen atoms in total. The normalized spacial score (nSPS) is 17.4. The first-order valence-corrected chi connectivity index (χ1v) is 12.3. The van der Waals surface area contributed by atoms with Crippen molar-refractivity contribution in [2.24, 2.45) is 17.6 Å². The number of benzene rings is 1. The van der Waals surface area contributed by atoms with Gasteiger partial charge in [-0.2, -0.15) is 0 Å². The Morgan fingerprint density at radius 3 is 2.31 bits per heavy atom. The van der Waals surface area contributed by atoms with Gasteiger partial charge >= 0.3 is 0 Å². The molecule has 2 unspecified atom stereocenters. The summed E-state index contributed by atoms with van der Waals surface area (Å²) in [7, 11) is 1.66. The number of carbonyl (C=O) groups is 3. The Kier molecular flexibility index (Phi) is 13.9. The van der Waals surface area contributed by atoms with Crippen LogP contribution in [0.5, 0.6) is 0 Å². The third-order valence-corrected chi connectivity index (χ3v) is 5.54. The van der Waals surface area contributed by atoms with E-state index >= 15 is 0 Å². The summed E-state index contributed by atoms with van der Waals surface area (Å²) in [5.74, 6) is -0.430. The molecule has 0 saturated carbocycles. The molecule has 0 bridgehead atoms. The predicted molar refractivity (Wildman–Crippen MR) is 137 cm³/mol. The molecule has 0 saturated heterocycles. The standard InChI is InChI=1S/C15H19NO2.C12H24N2O3/c1-18-12-11-16-14(9-5-6-10-15(16)17)13-7-3-2-4-8-13;1-7(2)5-9(11(13)16)14-12(17)10(15)6-8(3)4/h2-5,7-9,14H,6,10-12H2,1H3;7-10,15H,5-6H2,1-4H3,(H2,13,16)(H,14,17)/t14-;/m0./s1. The lowest BCUT2D eigenvalue weighted by Crippen LogP contribution is -2.48. The van der Waals surface area contributed by atoms with Crippen LogP contribution in [0.15, 0.2) is 42.5 Å². The first-order valence-electron chi connectivity index (χ1n) is 12.3. The SMILES string of the molecule is CC(C)CC(O)C(=O)NC(CC(C)C)C(N)=O.COCCN1C(=O)CCC=C[C@H]1c1ccccc1. The fraction of sp³-hybridized carbons (Fsp3) is 0.593. The molecule has 1 heterocycles. The Hall–Kier alpha value is -2.71. The molecule has 2 rings (SSSR count).